The van der Waals surface area contributed by atoms with E-state index in [0.29, 0.717) is 17.0 Å². The molecule has 3 heterocycles. The number of hydrogen-bond donors (Lipinski definition) is 0. The van der Waals surface area contributed by atoms with Crippen LogP contribution in [-0.2, 0) is 4.79 Å². The topological polar surface area (TPSA) is 63.4 Å². The molecule has 1 saturated heterocycles. The molecule has 2 atom stereocenters. The Bertz CT molecular complexity index is 744. The SMILES string of the molecule is CCC1CCCCN1C(=O)C(C)Sc1nc2nc(C)cc(C)n2n1. The Balaban J connectivity index is 1.75. The van der Waals surface area contributed by atoms with Crippen LogP contribution < -0.4 is 0 Å². The molecule has 0 spiro atoms. The summed E-state index contributed by atoms with van der Waals surface area (Å²) >= 11 is 1.42. The van der Waals surface area contributed by atoms with E-state index in [4.69, 9.17) is 0 Å². The molecule has 2 aromatic heterocycles. The number of nitrogens with zero attached hydrogens (tertiary/aromatic N) is 5. The number of rotatable bonds is 4. The predicted molar refractivity (Wildman–Crippen MR) is 95.2 cm³/mol. The zero-order valence-electron chi connectivity index (χ0n) is 14.8. The van der Waals surface area contributed by atoms with Gasteiger partial charge in [-0.15, -0.1) is 5.10 Å². The molecular weight excluding hydrogens is 322 g/mol. The highest BCUT2D eigenvalue weighted by Gasteiger charge is 2.29. The molecule has 0 aliphatic carbocycles. The van der Waals surface area contributed by atoms with Crippen LogP contribution in [0.1, 0.15) is 50.9 Å². The zero-order chi connectivity index (χ0) is 17.3. The Kier molecular flexibility index (Phi) is 5.08. The molecular formula is C17H25N5OS. The van der Waals surface area contributed by atoms with Crippen molar-refractivity contribution in [1.29, 1.82) is 0 Å². The van der Waals surface area contributed by atoms with Crippen LogP contribution in [0.5, 0.6) is 0 Å². The smallest absolute Gasteiger partial charge is 0.253 e. The second-order valence-corrected chi connectivity index (χ2v) is 7.80. The number of aryl methyl sites for hydroxylation is 2. The van der Waals surface area contributed by atoms with Crippen molar-refractivity contribution in [2.45, 2.75) is 69.8 Å². The molecule has 3 rings (SSSR count). The first-order valence-corrected chi connectivity index (χ1v) is 9.55. The molecule has 0 saturated carbocycles. The largest absolute Gasteiger partial charge is 0.339 e. The van der Waals surface area contributed by atoms with Gasteiger partial charge in [0.05, 0.1) is 5.25 Å². The molecule has 1 aliphatic rings. The van der Waals surface area contributed by atoms with Crippen LogP contribution in [0.2, 0.25) is 0 Å². The highest BCUT2D eigenvalue weighted by molar-refractivity contribution is 8.00. The van der Waals surface area contributed by atoms with Gasteiger partial charge in [0.2, 0.25) is 11.1 Å². The summed E-state index contributed by atoms with van der Waals surface area (Å²) in [5.41, 5.74) is 1.92. The molecule has 130 valence electrons. The predicted octanol–water partition coefficient (Wildman–Crippen LogP) is 3.01. The molecule has 1 aliphatic heterocycles. The number of likely N-dealkylation sites (tertiary alicyclic amines) is 1. The molecule has 1 amide bonds. The van der Waals surface area contributed by atoms with Crippen molar-refractivity contribution in [3.05, 3.63) is 17.5 Å². The molecule has 0 bridgehead atoms. The van der Waals surface area contributed by atoms with Crippen molar-refractivity contribution in [1.82, 2.24) is 24.5 Å². The van der Waals surface area contributed by atoms with E-state index < -0.39 is 0 Å². The van der Waals surface area contributed by atoms with Crippen LogP contribution in [-0.4, -0.2) is 48.2 Å². The fourth-order valence-electron chi connectivity index (χ4n) is 3.36. The van der Waals surface area contributed by atoms with Gasteiger partial charge in [0, 0.05) is 24.0 Å². The van der Waals surface area contributed by atoms with Crippen LogP contribution in [0, 0.1) is 13.8 Å². The van der Waals surface area contributed by atoms with Crippen molar-refractivity contribution >= 4 is 23.4 Å². The summed E-state index contributed by atoms with van der Waals surface area (Å²) < 4.78 is 1.74. The molecule has 1 fully saturated rings. The number of aromatic nitrogens is 4. The lowest BCUT2D eigenvalue weighted by Crippen LogP contribution is -2.46. The summed E-state index contributed by atoms with van der Waals surface area (Å²) in [6.45, 7) is 8.92. The first kappa shape index (κ1) is 17.2. The number of thioether (sulfide) groups is 1. The lowest BCUT2D eigenvalue weighted by molar-refractivity contribution is -0.134. The van der Waals surface area contributed by atoms with Crippen molar-refractivity contribution in [3.8, 4) is 0 Å². The van der Waals surface area contributed by atoms with Crippen LogP contribution in [0.15, 0.2) is 11.2 Å². The molecule has 0 aromatic carbocycles. The normalized spacial score (nSPS) is 19.7. The maximum atomic E-state index is 12.8. The lowest BCUT2D eigenvalue weighted by Gasteiger charge is -2.36. The van der Waals surface area contributed by atoms with Gasteiger partial charge in [0.1, 0.15) is 0 Å². The molecule has 2 aromatic rings. The van der Waals surface area contributed by atoms with Gasteiger partial charge in [0.25, 0.3) is 5.78 Å². The molecule has 24 heavy (non-hydrogen) atoms. The third kappa shape index (κ3) is 3.41. The monoisotopic (exact) mass is 347 g/mol. The minimum Gasteiger partial charge on any atom is -0.339 e. The average Bonchev–Trinajstić information content (AvgIpc) is 2.96. The van der Waals surface area contributed by atoms with E-state index in [1.165, 1.54) is 18.2 Å². The minimum absolute atomic E-state index is 0.184. The van der Waals surface area contributed by atoms with Gasteiger partial charge < -0.3 is 4.90 Å². The summed E-state index contributed by atoms with van der Waals surface area (Å²) in [6, 6.07) is 2.36. The first-order valence-electron chi connectivity index (χ1n) is 8.67. The highest BCUT2D eigenvalue weighted by atomic mass is 32.2. The van der Waals surface area contributed by atoms with E-state index in [-0.39, 0.29) is 11.2 Å². The maximum Gasteiger partial charge on any atom is 0.253 e. The van der Waals surface area contributed by atoms with Gasteiger partial charge in [-0.2, -0.15) is 4.98 Å². The van der Waals surface area contributed by atoms with E-state index in [9.17, 15) is 4.79 Å². The number of carbonyl (C=O) groups is 1. The zero-order valence-corrected chi connectivity index (χ0v) is 15.6. The van der Waals surface area contributed by atoms with Crippen molar-refractivity contribution < 1.29 is 4.79 Å². The fraction of sp³-hybridized carbons (Fsp3) is 0.647. The van der Waals surface area contributed by atoms with E-state index in [0.717, 1.165) is 37.2 Å². The summed E-state index contributed by atoms with van der Waals surface area (Å²) in [6.07, 6.45) is 4.48. The Morgan fingerprint density at radius 1 is 1.38 bits per heavy atom. The number of amides is 1. The van der Waals surface area contributed by atoms with Crippen LogP contribution in [0.25, 0.3) is 5.78 Å². The van der Waals surface area contributed by atoms with Gasteiger partial charge in [-0.3, -0.25) is 4.79 Å². The van der Waals surface area contributed by atoms with Crippen molar-refractivity contribution in [2.24, 2.45) is 0 Å². The third-order valence-corrected chi connectivity index (χ3v) is 5.55. The lowest BCUT2D eigenvalue weighted by atomic mass is 10.00. The number of piperidine rings is 1. The van der Waals surface area contributed by atoms with Gasteiger partial charge in [0.15, 0.2) is 0 Å². The number of hydrogen-bond acceptors (Lipinski definition) is 5. The molecule has 7 heteroatoms. The van der Waals surface area contributed by atoms with Gasteiger partial charge in [-0.1, -0.05) is 18.7 Å². The fourth-order valence-corrected chi connectivity index (χ4v) is 4.17. The summed E-state index contributed by atoms with van der Waals surface area (Å²) in [5, 5.41) is 4.92. The Labute approximate surface area is 147 Å². The van der Waals surface area contributed by atoms with Crippen LogP contribution >= 0.6 is 11.8 Å². The van der Waals surface area contributed by atoms with Crippen LogP contribution in [0.3, 0.4) is 0 Å². The Morgan fingerprint density at radius 2 is 2.17 bits per heavy atom. The molecule has 0 N–H and O–H groups in total. The number of fused-ring (bicyclic) bond motifs is 1. The molecule has 6 nitrogen and oxygen atoms in total. The molecule has 0 radical (unpaired) electrons. The summed E-state index contributed by atoms with van der Waals surface area (Å²) in [7, 11) is 0. The highest BCUT2D eigenvalue weighted by Crippen LogP contribution is 2.26. The van der Waals surface area contributed by atoms with Gasteiger partial charge >= 0.3 is 0 Å². The molecule has 2 unspecified atom stereocenters. The Morgan fingerprint density at radius 3 is 2.92 bits per heavy atom. The standard InChI is InChI=1S/C17H25N5OS/c1-5-14-8-6-7-9-21(14)15(23)13(4)24-17-19-16-18-11(2)10-12(3)22(16)20-17/h10,13-14H,5-9H2,1-4H3. The van der Waals surface area contributed by atoms with E-state index in [1.807, 2.05) is 26.8 Å². The quantitative estimate of drug-likeness (QED) is 0.796. The average molecular weight is 347 g/mol. The van der Waals surface area contributed by atoms with Crippen LogP contribution in [0.4, 0.5) is 0 Å². The van der Waals surface area contributed by atoms with Crippen molar-refractivity contribution in [2.75, 3.05) is 6.54 Å². The summed E-state index contributed by atoms with van der Waals surface area (Å²) in [5.74, 6) is 0.797. The third-order valence-electron chi connectivity index (χ3n) is 4.61. The van der Waals surface area contributed by atoms with Gasteiger partial charge in [-0.25, -0.2) is 9.50 Å². The van der Waals surface area contributed by atoms with E-state index >= 15 is 0 Å². The second-order valence-electron chi connectivity index (χ2n) is 6.49. The first-order chi connectivity index (χ1) is 11.5. The Hall–Kier alpha value is -1.63. The van der Waals surface area contributed by atoms with E-state index in [1.54, 1.807) is 4.52 Å². The van der Waals surface area contributed by atoms with Gasteiger partial charge in [-0.05, 0) is 52.5 Å². The van der Waals surface area contributed by atoms with E-state index in [2.05, 4.69) is 26.9 Å². The van der Waals surface area contributed by atoms with Crippen molar-refractivity contribution in [3.63, 3.8) is 0 Å². The maximum absolute atomic E-state index is 12.8. The number of carbonyl (C=O) groups excluding carboxylic acids is 1. The summed E-state index contributed by atoms with van der Waals surface area (Å²) in [4.78, 5) is 23.8. The minimum atomic E-state index is -0.184. The second kappa shape index (κ2) is 7.09.